The van der Waals surface area contributed by atoms with Crippen LogP contribution in [0.25, 0.3) is 16.8 Å². The lowest BCUT2D eigenvalue weighted by atomic mass is 10.1. The van der Waals surface area contributed by atoms with Gasteiger partial charge in [-0.15, -0.1) is 0 Å². The molecule has 1 aliphatic rings. The van der Waals surface area contributed by atoms with E-state index in [4.69, 9.17) is 12.2 Å². The highest BCUT2D eigenvalue weighted by atomic mass is 32.2. The number of hydrogen-bond acceptors (Lipinski definition) is 3. The van der Waals surface area contributed by atoms with Crippen molar-refractivity contribution in [1.29, 1.82) is 0 Å². The average Bonchev–Trinajstić information content (AvgIpc) is 2.94. The van der Waals surface area contributed by atoms with Crippen molar-refractivity contribution in [2.75, 3.05) is 4.90 Å². The van der Waals surface area contributed by atoms with Gasteiger partial charge in [-0.1, -0.05) is 72.5 Å². The number of nitrogens with zero attached hydrogens (tertiary/aromatic N) is 1. The van der Waals surface area contributed by atoms with Gasteiger partial charge in [-0.3, -0.25) is 9.69 Å². The topological polar surface area (TPSA) is 20.3 Å². The summed E-state index contributed by atoms with van der Waals surface area (Å²) in [5.41, 5.74) is 0.468. The molecule has 0 radical (unpaired) electrons. The molecule has 1 aliphatic heterocycles. The van der Waals surface area contributed by atoms with Crippen LogP contribution in [0.1, 0.15) is 11.1 Å². The van der Waals surface area contributed by atoms with Crippen LogP contribution in [-0.4, -0.2) is 10.2 Å². The van der Waals surface area contributed by atoms with Crippen molar-refractivity contribution in [2.45, 2.75) is 6.18 Å². The van der Waals surface area contributed by atoms with Crippen molar-refractivity contribution in [3.63, 3.8) is 0 Å². The third kappa shape index (κ3) is 3.43. The third-order valence-corrected chi connectivity index (χ3v) is 5.64. The number of hydrogen-bond donors (Lipinski definition) is 0. The van der Waals surface area contributed by atoms with Crippen molar-refractivity contribution >= 4 is 56.7 Å². The maximum absolute atomic E-state index is 13.0. The van der Waals surface area contributed by atoms with Crippen molar-refractivity contribution < 1.29 is 18.0 Å². The highest BCUT2D eigenvalue weighted by molar-refractivity contribution is 8.27. The number of benzene rings is 3. The molecule has 0 unspecified atom stereocenters. The van der Waals surface area contributed by atoms with E-state index in [1.165, 1.54) is 17.0 Å². The zero-order chi connectivity index (χ0) is 19.9. The Labute approximate surface area is 168 Å². The number of thioether (sulfide) groups is 1. The lowest BCUT2D eigenvalue weighted by Gasteiger charge is -2.17. The maximum Gasteiger partial charge on any atom is 0.416 e. The zero-order valence-electron chi connectivity index (χ0n) is 14.2. The van der Waals surface area contributed by atoms with Crippen LogP contribution >= 0.6 is 24.0 Å². The molecular weight excluding hydrogens is 403 g/mol. The maximum atomic E-state index is 13.0. The van der Waals surface area contributed by atoms with Crippen LogP contribution in [-0.2, 0) is 11.0 Å². The number of thiocarbonyl (C=S) groups is 1. The van der Waals surface area contributed by atoms with E-state index in [0.717, 1.165) is 34.7 Å². The Morgan fingerprint density at radius 3 is 2.32 bits per heavy atom. The number of amides is 1. The molecule has 0 atom stereocenters. The molecule has 0 saturated carbocycles. The van der Waals surface area contributed by atoms with Crippen LogP contribution in [0.5, 0.6) is 0 Å². The first-order valence-electron chi connectivity index (χ1n) is 8.27. The number of fused-ring (bicyclic) bond motifs is 1. The first-order chi connectivity index (χ1) is 13.3. The number of rotatable bonds is 2. The molecule has 0 N–H and O–H groups in total. The molecular formula is C21H12F3NOS2. The van der Waals surface area contributed by atoms with E-state index in [0.29, 0.717) is 20.5 Å². The Kier molecular flexibility index (Phi) is 4.72. The van der Waals surface area contributed by atoms with Crippen LogP contribution in [0.2, 0.25) is 0 Å². The highest BCUT2D eigenvalue weighted by Gasteiger charge is 2.34. The first-order valence-corrected chi connectivity index (χ1v) is 9.50. The quantitative estimate of drug-likeness (QED) is 0.364. The average molecular weight is 415 g/mol. The van der Waals surface area contributed by atoms with Gasteiger partial charge >= 0.3 is 6.18 Å². The molecule has 28 heavy (non-hydrogen) atoms. The van der Waals surface area contributed by atoms with Gasteiger partial charge < -0.3 is 0 Å². The van der Waals surface area contributed by atoms with E-state index in [2.05, 4.69) is 0 Å². The van der Waals surface area contributed by atoms with Crippen LogP contribution in [0, 0.1) is 0 Å². The number of alkyl halides is 3. The Bertz CT molecular complexity index is 1120. The second-order valence-corrected chi connectivity index (χ2v) is 7.81. The molecule has 7 heteroatoms. The predicted octanol–water partition coefficient (Wildman–Crippen LogP) is 6.26. The summed E-state index contributed by atoms with van der Waals surface area (Å²) in [4.78, 5) is 14.8. The minimum atomic E-state index is -4.39. The highest BCUT2D eigenvalue weighted by Crippen LogP contribution is 2.39. The standard InChI is InChI=1S/C21H12F3NOS2/c22-21(23,24)15-10-8-13(9-11-15)12-18-19(26)25(20(27)28-18)17-7-3-5-14-4-1-2-6-16(14)17/h1-12H/b18-12+. The molecule has 3 aromatic carbocycles. The minimum absolute atomic E-state index is 0.286. The normalized spacial score (nSPS) is 16.4. The van der Waals surface area contributed by atoms with Crippen LogP contribution < -0.4 is 4.90 Å². The molecule has 0 bridgehead atoms. The minimum Gasteiger partial charge on any atom is -0.268 e. The van der Waals surface area contributed by atoms with Crippen molar-refractivity contribution in [3.8, 4) is 0 Å². The third-order valence-electron chi connectivity index (χ3n) is 4.34. The van der Waals surface area contributed by atoms with Gasteiger partial charge in [0.15, 0.2) is 4.32 Å². The summed E-state index contributed by atoms with van der Waals surface area (Å²) in [6.07, 6.45) is -2.83. The number of anilines is 1. The Morgan fingerprint density at radius 2 is 1.61 bits per heavy atom. The summed E-state index contributed by atoms with van der Waals surface area (Å²) in [6, 6.07) is 18.0. The second-order valence-electron chi connectivity index (χ2n) is 6.14. The van der Waals surface area contributed by atoms with Crippen LogP contribution in [0.3, 0.4) is 0 Å². The van der Waals surface area contributed by atoms with Gasteiger partial charge in [-0.25, -0.2) is 0 Å². The molecule has 1 heterocycles. The molecule has 1 amide bonds. The van der Waals surface area contributed by atoms with Gasteiger partial charge in [-0.05, 0) is 35.2 Å². The van der Waals surface area contributed by atoms with Crippen molar-refractivity contribution in [3.05, 3.63) is 82.8 Å². The first kappa shape index (κ1) is 18.7. The Morgan fingerprint density at radius 1 is 0.929 bits per heavy atom. The molecule has 3 aromatic rings. The van der Waals surface area contributed by atoms with Gasteiger partial charge in [0.1, 0.15) is 0 Å². The van der Waals surface area contributed by atoms with E-state index >= 15 is 0 Å². The number of carbonyl (C=O) groups excluding carboxylic acids is 1. The molecule has 2 nitrogen and oxygen atoms in total. The van der Waals surface area contributed by atoms with E-state index < -0.39 is 11.7 Å². The molecule has 140 valence electrons. The van der Waals surface area contributed by atoms with Gasteiger partial charge in [0.25, 0.3) is 5.91 Å². The summed E-state index contributed by atoms with van der Waals surface area (Å²) < 4.78 is 38.5. The number of carbonyl (C=O) groups is 1. The van der Waals surface area contributed by atoms with Gasteiger partial charge in [0.05, 0.1) is 16.2 Å². The van der Waals surface area contributed by atoms with E-state index in [1.54, 1.807) is 6.08 Å². The van der Waals surface area contributed by atoms with Gasteiger partial charge in [0, 0.05) is 5.39 Å². The summed E-state index contributed by atoms with van der Waals surface area (Å²) in [5, 5.41) is 1.89. The van der Waals surface area contributed by atoms with Crippen LogP contribution in [0.15, 0.2) is 71.6 Å². The van der Waals surface area contributed by atoms with Gasteiger partial charge in [0.2, 0.25) is 0 Å². The summed E-state index contributed by atoms with van der Waals surface area (Å²) in [7, 11) is 0. The number of halogens is 3. The SMILES string of the molecule is O=C1/C(=C\c2ccc(C(F)(F)F)cc2)SC(=S)N1c1cccc2ccccc12. The fourth-order valence-electron chi connectivity index (χ4n) is 3.00. The molecule has 0 aromatic heterocycles. The van der Waals surface area contributed by atoms with E-state index in [9.17, 15) is 18.0 Å². The lowest BCUT2D eigenvalue weighted by Crippen LogP contribution is -2.27. The molecule has 0 spiro atoms. The fraction of sp³-hybridized carbons (Fsp3) is 0.0476. The lowest BCUT2D eigenvalue weighted by molar-refractivity contribution is -0.137. The van der Waals surface area contributed by atoms with E-state index in [1.807, 2.05) is 42.5 Å². The molecule has 1 fully saturated rings. The zero-order valence-corrected chi connectivity index (χ0v) is 15.9. The monoisotopic (exact) mass is 415 g/mol. The van der Waals surface area contributed by atoms with Gasteiger partial charge in [-0.2, -0.15) is 13.2 Å². The summed E-state index contributed by atoms with van der Waals surface area (Å²) in [5.74, 6) is -0.286. The molecule has 0 aliphatic carbocycles. The summed E-state index contributed by atoms with van der Waals surface area (Å²) in [6.45, 7) is 0. The Balaban J connectivity index is 1.68. The van der Waals surface area contributed by atoms with Crippen molar-refractivity contribution in [2.24, 2.45) is 0 Å². The van der Waals surface area contributed by atoms with Crippen molar-refractivity contribution in [1.82, 2.24) is 0 Å². The second kappa shape index (κ2) is 7.07. The van der Waals surface area contributed by atoms with Crippen LogP contribution in [0.4, 0.5) is 18.9 Å². The summed E-state index contributed by atoms with van der Waals surface area (Å²) >= 11 is 6.54. The largest absolute Gasteiger partial charge is 0.416 e. The molecule has 4 rings (SSSR count). The van der Waals surface area contributed by atoms with E-state index in [-0.39, 0.29) is 5.91 Å². The Hall–Kier alpha value is -2.64. The molecule has 1 saturated heterocycles. The predicted molar refractivity (Wildman–Crippen MR) is 111 cm³/mol. The smallest absolute Gasteiger partial charge is 0.268 e. The fourth-order valence-corrected chi connectivity index (χ4v) is 4.28.